The Morgan fingerprint density at radius 3 is 2.57 bits per heavy atom. The number of thioether (sulfide) groups is 1. The van der Waals surface area contributed by atoms with E-state index in [-0.39, 0.29) is 5.54 Å². The summed E-state index contributed by atoms with van der Waals surface area (Å²) in [7, 11) is 0. The van der Waals surface area contributed by atoms with Gasteiger partial charge < -0.3 is 5.73 Å². The number of hydrogen-bond acceptors (Lipinski definition) is 2. The molecule has 1 saturated heterocycles. The van der Waals surface area contributed by atoms with Gasteiger partial charge in [-0.15, -0.1) is 0 Å². The summed E-state index contributed by atoms with van der Waals surface area (Å²) in [6.45, 7) is 0. The van der Waals surface area contributed by atoms with Crippen molar-refractivity contribution < 1.29 is 0 Å². The summed E-state index contributed by atoms with van der Waals surface area (Å²) in [5, 5.41) is 0.942. The second-order valence-electron chi connectivity index (χ2n) is 5.10. The molecule has 0 aromatic rings. The summed E-state index contributed by atoms with van der Waals surface area (Å²) in [4.78, 5) is 0. The van der Waals surface area contributed by atoms with Gasteiger partial charge in [0.25, 0.3) is 0 Å². The third kappa shape index (κ3) is 2.90. The molecule has 2 fully saturated rings. The van der Waals surface area contributed by atoms with E-state index in [1.165, 1.54) is 63.5 Å². The van der Waals surface area contributed by atoms with Crippen LogP contribution in [0.15, 0.2) is 0 Å². The summed E-state index contributed by atoms with van der Waals surface area (Å²) in [5.74, 6) is 1.39. The SMILES string of the molecule is NC1(CCC2CCCS2)CCCCC1. The Bertz CT molecular complexity index is 169. The summed E-state index contributed by atoms with van der Waals surface area (Å²) < 4.78 is 0. The van der Waals surface area contributed by atoms with E-state index in [4.69, 9.17) is 5.73 Å². The average molecular weight is 213 g/mol. The molecule has 2 N–H and O–H groups in total. The largest absolute Gasteiger partial charge is 0.325 e. The van der Waals surface area contributed by atoms with Gasteiger partial charge in [-0.1, -0.05) is 19.3 Å². The van der Waals surface area contributed by atoms with E-state index in [0.717, 1.165) is 5.25 Å². The molecule has 2 aliphatic rings. The number of nitrogens with two attached hydrogens (primary N) is 1. The highest BCUT2D eigenvalue weighted by atomic mass is 32.2. The van der Waals surface area contributed by atoms with Crippen LogP contribution in [0.2, 0.25) is 0 Å². The number of hydrogen-bond donors (Lipinski definition) is 1. The Morgan fingerprint density at radius 1 is 1.14 bits per heavy atom. The van der Waals surface area contributed by atoms with Crippen molar-refractivity contribution in [1.82, 2.24) is 0 Å². The molecule has 1 aliphatic carbocycles. The standard InChI is InChI=1S/C12H23NS/c13-12(7-2-1-3-8-12)9-6-11-5-4-10-14-11/h11H,1-10,13H2. The zero-order chi connectivity index (χ0) is 9.86. The Labute approximate surface area is 92.2 Å². The summed E-state index contributed by atoms with van der Waals surface area (Å²) in [6.07, 6.45) is 12.3. The molecule has 0 radical (unpaired) electrons. The fourth-order valence-electron chi connectivity index (χ4n) is 2.83. The van der Waals surface area contributed by atoms with Gasteiger partial charge in [-0.05, 0) is 44.3 Å². The van der Waals surface area contributed by atoms with Crippen molar-refractivity contribution in [2.45, 2.75) is 68.6 Å². The molecule has 2 rings (SSSR count). The van der Waals surface area contributed by atoms with E-state index in [0.29, 0.717) is 0 Å². The van der Waals surface area contributed by atoms with Crippen LogP contribution in [0.4, 0.5) is 0 Å². The quantitative estimate of drug-likeness (QED) is 0.778. The van der Waals surface area contributed by atoms with E-state index in [2.05, 4.69) is 11.8 Å². The molecule has 1 heterocycles. The maximum atomic E-state index is 6.43. The topological polar surface area (TPSA) is 26.0 Å². The van der Waals surface area contributed by atoms with Crippen LogP contribution in [-0.2, 0) is 0 Å². The van der Waals surface area contributed by atoms with Gasteiger partial charge in [-0.2, -0.15) is 11.8 Å². The van der Waals surface area contributed by atoms with Crippen LogP contribution in [-0.4, -0.2) is 16.5 Å². The molecule has 1 nitrogen and oxygen atoms in total. The summed E-state index contributed by atoms with van der Waals surface area (Å²) in [6, 6.07) is 0. The van der Waals surface area contributed by atoms with Gasteiger partial charge in [0.2, 0.25) is 0 Å². The fourth-order valence-corrected chi connectivity index (χ4v) is 4.11. The van der Waals surface area contributed by atoms with Crippen molar-refractivity contribution in [1.29, 1.82) is 0 Å². The van der Waals surface area contributed by atoms with Crippen molar-refractivity contribution in [3.8, 4) is 0 Å². The smallest absolute Gasteiger partial charge is 0.0154 e. The predicted octanol–water partition coefficient (Wildman–Crippen LogP) is 3.32. The molecular formula is C12H23NS. The van der Waals surface area contributed by atoms with E-state index >= 15 is 0 Å². The second kappa shape index (κ2) is 4.89. The van der Waals surface area contributed by atoms with Crippen LogP contribution < -0.4 is 5.73 Å². The minimum absolute atomic E-state index is 0.224. The Hall–Kier alpha value is 0.310. The first-order valence-corrected chi connectivity index (χ1v) is 7.24. The molecule has 0 aromatic heterocycles. The van der Waals surface area contributed by atoms with E-state index in [9.17, 15) is 0 Å². The van der Waals surface area contributed by atoms with Crippen LogP contribution >= 0.6 is 11.8 Å². The molecule has 1 saturated carbocycles. The molecule has 0 amide bonds. The molecule has 0 bridgehead atoms. The second-order valence-corrected chi connectivity index (χ2v) is 6.50. The Kier molecular flexibility index (Phi) is 3.78. The minimum atomic E-state index is 0.224. The highest BCUT2D eigenvalue weighted by Gasteiger charge is 2.28. The monoisotopic (exact) mass is 213 g/mol. The van der Waals surface area contributed by atoms with Crippen LogP contribution in [0, 0.1) is 0 Å². The van der Waals surface area contributed by atoms with Gasteiger partial charge in [0.15, 0.2) is 0 Å². The van der Waals surface area contributed by atoms with Crippen LogP contribution in [0.5, 0.6) is 0 Å². The maximum absolute atomic E-state index is 6.43. The highest BCUT2D eigenvalue weighted by Crippen LogP contribution is 2.35. The molecule has 1 unspecified atom stereocenters. The van der Waals surface area contributed by atoms with Crippen molar-refractivity contribution in [3.63, 3.8) is 0 Å². The zero-order valence-electron chi connectivity index (χ0n) is 9.13. The van der Waals surface area contributed by atoms with Crippen molar-refractivity contribution in [2.24, 2.45) is 5.73 Å². The van der Waals surface area contributed by atoms with Gasteiger partial charge in [0, 0.05) is 10.8 Å². The van der Waals surface area contributed by atoms with Gasteiger partial charge in [0.1, 0.15) is 0 Å². The van der Waals surface area contributed by atoms with E-state index in [1.54, 1.807) is 0 Å². The normalized spacial score (nSPS) is 31.9. The summed E-state index contributed by atoms with van der Waals surface area (Å²) in [5.41, 5.74) is 6.65. The van der Waals surface area contributed by atoms with Gasteiger partial charge in [0.05, 0.1) is 0 Å². The van der Waals surface area contributed by atoms with E-state index < -0.39 is 0 Å². The Balaban J connectivity index is 1.72. The van der Waals surface area contributed by atoms with Crippen molar-refractivity contribution in [2.75, 3.05) is 5.75 Å². The van der Waals surface area contributed by atoms with Gasteiger partial charge >= 0.3 is 0 Å². The molecule has 1 aliphatic heterocycles. The fraction of sp³-hybridized carbons (Fsp3) is 1.00. The predicted molar refractivity (Wildman–Crippen MR) is 64.7 cm³/mol. The maximum Gasteiger partial charge on any atom is 0.0154 e. The molecule has 0 aromatic carbocycles. The molecule has 1 atom stereocenters. The first-order chi connectivity index (χ1) is 6.79. The lowest BCUT2D eigenvalue weighted by molar-refractivity contribution is 0.271. The first kappa shape index (κ1) is 10.8. The third-order valence-corrected chi connectivity index (χ3v) is 5.30. The zero-order valence-corrected chi connectivity index (χ0v) is 9.95. The average Bonchev–Trinajstić information content (AvgIpc) is 2.69. The molecule has 2 heteroatoms. The molecule has 82 valence electrons. The van der Waals surface area contributed by atoms with Gasteiger partial charge in [-0.25, -0.2) is 0 Å². The Morgan fingerprint density at radius 2 is 1.93 bits per heavy atom. The van der Waals surface area contributed by atoms with Gasteiger partial charge in [-0.3, -0.25) is 0 Å². The first-order valence-electron chi connectivity index (χ1n) is 6.19. The molecular weight excluding hydrogens is 190 g/mol. The lowest BCUT2D eigenvalue weighted by atomic mass is 9.79. The van der Waals surface area contributed by atoms with Crippen molar-refractivity contribution in [3.05, 3.63) is 0 Å². The number of rotatable bonds is 3. The molecule has 14 heavy (non-hydrogen) atoms. The van der Waals surface area contributed by atoms with E-state index in [1.807, 2.05) is 0 Å². The van der Waals surface area contributed by atoms with Crippen LogP contribution in [0.1, 0.15) is 57.8 Å². The highest BCUT2D eigenvalue weighted by molar-refractivity contribution is 8.00. The molecule has 0 spiro atoms. The summed E-state index contributed by atoms with van der Waals surface area (Å²) >= 11 is 2.17. The minimum Gasteiger partial charge on any atom is -0.325 e. The van der Waals surface area contributed by atoms with Crippen LogP contribution in [0.25, 0.3) is 0 Å². The van der Waals surface area contributed by atoms with Crippen molar-refractivity contribution >= 4 is 11.8 Å². The third-order valence-electron chi connectivity index (χ3n) is 3.84. The lowest BCUT2D eigenvalue weighted by Gasteiger charge is -2.34. The van der Waals surface area contributed by atoms with Crippen LogP contribution in [0.3, 0.4) is 0 Å². The lowest BCUT2D eigenvalue weighted by Crippen LogP contribution is -2.42.